The van der Waals surface area contributed by atoms with E-state index in [0.29, 0.717) is 16.5 Å². The fraction of sp³-hybridized carbons (Fsp3) is 0.231. The molecule has 1 N–H and O–H groups in total. The summed E-state index contributed by atoms with van der Waals surface area (Å²) in [5.74, 6) is 0.418. The van der Waals surface area contributed by atoms with Gasteiger partial charge in [-0.1, -0.05) is 25.4 Å². The highest BCUT2D eigenvalue weighted by atomic mass is 35.5. The lowest BCUT2D eigenvalue weighted by atomic mass is 10.2. The van der Waals surface area contributed by atoms with E-state index in [1.54, 1.807) is 23.5 Å². The van der Waals surface area contributed by atoms with Crippen LogP contribution in [0.15, 0.2) is 23.6 Å². The number of thiazole rings is 1. The molecule has 0 spiro atoms. The van der Waals surface area contributed by atoms with Crippen LogP contribution in [0, 0.1) is 11.3 Å². The average Bonchev–Trinajstić information content (AvgIpc) is 2.78. The van der Waals surface area contributed by atoms with E-state index in [-0.39, 0.29) is 0 Å². The van der Waals surface area contributed by atoms with Gasteiger partial charge in [0.1, 0.15) is 6.07 Å². The summed E-state index contributed by atoms with van der Waals surface area (Å²) in [6.45, 7) is 4.22. The molecule has 0 aliphatic carbocycles. The number of halogens is 1. The highest BCUT2D eigenvalue weighted by Gasteiger charge is 2.06. The molecule has 1 aromatic carbocycles. The van der Waals surface area contributed by atoms with Crippen molar-refractivity contribution in [1.29, 1.82) is 5.26 Å². The zero-order valence-corrected chi connectivity index (χ0v) is 11.6. The highest BCUT2D eigenvalue weighted by Crippen LogP contribution is 2.27. The molecule has 2 aromatic rings. The van der Waals surface area contributed by atoms with E-state index in [2.05, 4.69) is 24.1 Å². The van der Waals surface area contributed by atoms with Crippen LogP contribution in [-0.4, -0.2) is 4.98 Å². The van der Waals surface area contributed by atoms with Crippen LogP contribution in [0.4, 0.5) is 10.8 Å². The van der Waals surface area contributed by atoms with Gasteiger partial charge in [0.2, 0.25) is 0 Å². The van der Waals surface area contributed by atoms with Crippen LogP contribution < -0.4 is 5.32 Å². The topological polar surface area (TPSA) is 48.7 Å². The molecule has 0 aliphatic rings. The molecule has 0 aliphatic heterocycles. The molecule has 2 rings (SSSR count). The number of benzene rings is 1. The van der Waals surface area contributed by atoms with Crippen LogP contribution in [0.25, 0.3) is 0 Å². The quantitative estimate of drug-likeness (QED) is 0.896. The molecule has 0 saturated carbocycles. The summed E-state index contributed by atoms with van der Waals surface area (Å²) in [6.07, 6.45) is 0. The summed E-state index contributed by atoms with van der Waals surface area (Å²) in [4.78, 5) is 4.48. The first-order valence-corrected chi connectivity index (χ1v) is 6.78. The second-order valence-electron chi connectivity index (χ2n) is 4.16. The van der Waals surface area contributed by atoms with E-state index in [1.165, 1.54) is 0 Å². The van der Waals surface area contributed by atoms with Gasteiger partial charge in [-0.2, -0.15) is 5.26 Å². The van der Waals surface area contributed by atoms with Crippen molar-refractivity contribution in [2.45, 2.75) is 19.8 Å². The van der Waals surface area contributed by atoms with Crippen molar-refractivity contribution < 1.29 is 0 Å². The minimum atomic E-state index is 0.418. The second-order valence-corrected chi connectivity index (χ2v) is 5.43. The minimum absolute atomic E-state index is 0.418. The van der Waals surface area contributed by atoms with Gasteiger partial charge in [0, 0.05) is 11.1 Å². The molecule has 0 unspecified atom stereocenters. The smallest absolute Gasteiger partial charge is 0.187 e. The fourth-order valence-corrected chi connectivity index (χ4v) is 2.53. The maximum atomic E-state index is 8.80. The molecule has 18 heavy (non-hydrogen) atoms. The highest BCUT2D eigenvalue weighted by molar-refractivity contribution is 7.13. The molecule has 92 valence electrons. The molecule has 0 saturated heterocycles. The van der Waals surface area contributed by atoms with Gasteiger partial charge < -0.3 is 5.32 Å². The van der Waals surface area contributed by atoms with Crippen molar-refractivity contribution in [2.75, 3.05) is 5.32 Å². The van der Waals surface area contributed by atoms with E-state index in [4.69, 9.17) is 16.9 Å². The number of nitriles is 1. The maximum Gasteiger partial charge on any atom is 0.187 e. The summed E-state index contributed by atoms with van der Waals surface area (Å²) < 4.78 is 0. The first kappa shape index (κ1) is 12.9. The Kier molecular flexibility index (Phi) is 3.85. The summed E-state index contributed by atoms with van der Waals surface area (Å²) >= 11 is 7.53. The van der Waals surface area contributed by atoms with Crippen LogP contribution in [0.5, 0.6) is 0 Å². The van der Waals surface area contributed by atoms with E-state index >= 15 is 0 Å². The minimum Gasteiger partial charge on any atom is -0.331 e. The Hall–Kier alpha value is -1.57. The molecule has 1 heterocycles. The second kappa shape index (κ2) is 5.38. The van der Waals surface area contributed by atoms with Gasteiger partial charge in [-0.25, -0.2) is 4.98 Å². The first-order chi connectivity index (χ1) is 8.60. The first-order valence-electron chi connectivity index (χ1n) is 5.52. The molecule has 0 amide bonds. The number of nitrogens with one attached hydrogen (secondary N) is 1. The predicted molar refractivity (Wildman–Crippen MR) is 75.7 cm³/mol. The van der Waals surface area contributed by atoms with Crippen molar-refractivity contribution in [2.24, 2.45) is 0 Å². The number of aromatic nitrogens is 1. The Morgan fingerprint density at radius 3 is 2.78 bits per heavy atom. The zero-order chi connectivity index (χ0) is 13.1. The van der Waals surface area contributed by atoms with Crippen molar-refractivity contribution in [3.05, 3.63) is 39.9 Å². The van der Waals surface area contributed by atoms with Crippen molar-refractivity contribution in [1.82, 2.24) is 4.98 Å². The maximum absolute atomic E-state index is 8.80. The Morgan fingerprint density at radius 2 is 2.22 bits per heavy atom. The van der Waals surface area contributed by atoms with Gasteiger partial charge in [0.25, 0.3) is 0 Å². The third-order valence-electron chi connectivity index (χ3n) is 2.45. The number of anilines is 2. The predicted octanol–water partition coefficient (Wildman–Crippen LogP) is 4.54. The van der Waals surface area contributed by atoms with E-state index in [9.17, 15) is 0 Å². The molecule has 3 nitrogen and oxygen atoms in total. The summed E-state index contributed by atoms with van der Waals surface area (Å²) in [5.41, 5.74) is 2.38. The lowest BCUT2D eigenvalue weighted by molar-refractivity contribution is 0.834. The summed E-state index contributed by atoms with van der Waals surface area (Å²) in [5, 5.41) is 15.3. The molecule has 0 bridgehead atoms. The fourth-order valence-electron chi connectivity index (χ4n) is 1.42. The van der Waals surface area contributed by atoms with Gasteiger partial charge in [-0.15, -0.1) is 11.3 Å². The van der Waals surface area contributed by atoms with E-state index in [0.717, 1.165) is 16.5 Å². The van der Waals surface area contributed by atoms with Crippen LogP contribution in [-0.2, 0) is 0 Å². The largest absolute Gasteiger partial charge is 0.331 e. The number of hydrogen-bond acceptors (Lipinski definition) is 4. The third kappa shape index (κ3) is 2.81. The normalized spacial score (nSPS) is 10.4. The molecule has 0 atom stereocenters. The Bertz CT molecular complexity index is 599. The molecule has 1 aromatic heterocycles. The number of rotatable bonds is 3. The van der Waals surface area contributed by atoms with Gasteiger partial charge in [-0.05, 0) is 24.1 Å². The zero-order valence-electron chi connectivity index (χ0n) is 10.1. The van der Waals surface area contributed by atoms with Gasteiger partial charge in [0.05, 0.1) is 16.3 Å². The number of nitrogens with zero attached hydrogens (tertiary/aromatic N) is 2. The SMILES string of the molecule is CC(C)c1csc(Nc2ccc(C#N)c(Cl)c2)n1. The van der Waals surface area contributed by atoms with Gasteiger partial charge in [-0.3, -0.25) is 0 Å². The number of hydrogen-bond donors (Lipinski definition) is 1. The standard InChI is InChI=1S/C13H12ClN3S/c1-8(2)12-7-18-13(17-12)16-10-4-3-9(6-15)11(14)5-10/h3-5,7-8H,1-2H3,(H,16,17). The molecular formula is C13H12ClN3S. The molecule has 5 heteroatoms. The Morgan fingerprint density at radius 1 is 1.44 bits per heavy atom. The molecular weight excluding hydrogens is 266 g/mol. The Labute approximate surface area is 115 Å². The van der Waals surface area contributed by atoms with Crippen molar-refractivity contribution >= 4 is 33.8 Å². The lowest BCUT2D eigenvalue weighted by Crippen LogP contribution is -1.92. The van der Waals surface area contributed by atoms with Crippen molar-refractivity contribution in [3.63, 3.8) is 0 Å². The van der Waals surface area contributed by atoms with Crippen molar-refractivity contribution in [3.8, 4) is 6.07 Å². The molecule has 0 radical (unpaired) electrons. The van der Waals surface area contributed by atoms with Crippen LogP contribution in [0.3, 0.4) is 0 Å². The van der Waals surface area contributed by atoms with Crippen LogP contribution in [0.2, 0.25) is 5.02 Å². The lowest BCUT2D eigenvalue weighted by Gasteiger charge is -2.04. The monoisotopic (exact) mass is 277 g/mol. The van der Waals surface area contributed by atoms with Gasteiger partial charge in [0.15, 0.2) is 5.13 Å². The Balaban J connectivity index is 2.18. The van der Waals surface area contributed by atoms with E-state index in [1.807, 2.05) is 17.5 Å². The van der Waals surface area contributed by atoms with E-state index < -0.39 is 0 Å². The third-order valence-corrected chi connectivity index (χ3v) is 3.54. The summed E-state index contributed by atoms with van der Waals surface area (Å²) in [6, 6.07) is 7.28. The molecule has 0 fully saturated rings. The average molecular weight is 278 g/mol. The van der Waals surface area contributed by atoms with Crippen LogP contribution >= 0.6 is 22.9 Å². The van der Waals surface area contributed by atoms with Crippen LogP contribution in [0.1, 0.15) is 31.0 Å². The summed E-state index contributed by atoms with van der Waals surface area (Å²) in [7, 11) is 0. The van der Waals surface area contributed by atoms with Gasteiger partial charge >= 0.3 is 0 Å².